The maximum Gasteiger partial charge on any atom is 0.410 e. The van der Waals surface area contributed by atoms with Gasteiger partial charge in [-0.3, -0.25) is 4.79 Å². The first-order chi connectivity index (χ1) is 8.24. The summed E-state index contributed by atoms with van der Waals surface area (Å²) in [5.41, 5.74) is -0.608. The molecular weight excluding hydrogens is 236 g/mol. The number of rotatable bonds is 2. The number of hydrogen-bond donors (Lipinski definition) is 1. The van der Waals surface area contributed by atoms with Gasteiger partial charge in [0.1, 0.15) is 5.60 Å². The molecule has 0 unspecified atom stereocenters. The van der Waals surface area contributed by atoms with Crippen molar-refractivity contribution < 1.29 is 19.4 Å². The Kier molecular flexibility index (Phi) is 4.17. The van der Waals surface area contributed by atoms with Crippen molar-refractivity contribution in [1.29, 1.82) is 5.26 Å². The molecule has 0 aromatic rings. The molecule has 1 amide bonds. The zero-order valence-electron chi connectivity index (χ0n) is 10.8. The lowest BCUT2D eigenvalue weighted by Gasteiger charge is -2.24. The topological polar surface area (TPSA) is 90.6 Å². The van der Waals surface area contributed by atoms with E-state index in [1.807, 2.05) is 6.07 Å². The summed E-state index contributed by atoms with van der Waals surface area (Å²) in [5, 5.41) is 17.7. The van der Waals surface area contributed by atoms with E-state index in [4.69, 9.17) is 15.1 Å². The Morgan fingerprint density at radius 2 is 2.06 bits per heavy atom. The van der Waals surface area contributed by atoms with Gasteiger partial charge >= 0.3 is 12.1 Å². The second kappa shape index (κ2) is 5.25. The van der Waals surface area contributed by atoms with Gasteiger partial charge in [-0.15, -0.1) is 0 Å². The lowest BCUT2D eigenvalue weighted by atomic mass is 9.94. The van der Waals surface area contributed by atoms with E-state index in [1.54, 1.807) is 20.8 Å². The monoisotopic (exact) mass is 254 g/mol. The Hall–Kier alpha value is -1.77. The fourth-order valence-electron chi connectivity index (χ4n) is 1.95. The van der Waals surface area contributed by atoms with Crippen molar-refractivity contribution in [3.05, 3.63) is 0 Å². The molecular formula is C12H18N2O4. The van der Waals surface area contributed by atoms with Crippen LogP contribution in [0.15, 0.2) is 0 Å². The van der Waals surface area contributed by atoms with Gasteiger partial charge in [0.2, 0.25) is 0 Å². The van der Waals surface area contributed by atoms with Gasteiger partial charge in [0.25, 0.3) is 0 Å². The second-order valence-electron chi connectivity index (χ2n) is 5.45. The van der Waals surface area contributed by atoms with Crippen molar-refractivity contribution >= 4 is 12.1 Å². The van der Waals surface area contributed by atoms with Crippen molar-refractivity contribution in [2.45, 2.75) is 32.8 Å². The number of aliphatic carboxylic acids is 1. The summed E-state index contributed by atoms with van der Waals surface area (Å²) >= 11 is 0. The summed E-state index contributed by atoms with van der Waals surface area (Å²) in [6, 6.07) is 1.96. The van der Waals surface area contributed by atoms with Crippen LogP contribution in [-0.4, -0.2) is 40.8 Å². The number of likely N-dealkylation sites (tertiary alicyclic amines) is 1. The molecule has 1 saturated heterocycles. The van der Waals surface area contributed by atoms with Gasteiger partial charge in [-0.2, -0.15) is 5.26 Å². The van der Waals surface area contributed by atoms with Crippen molar-refractivity contribution in [3.63, 3.8) is 0 Å². The zero-order valence-corrected chi connectivity index (χ0v) is 10.8. The first kappa shape index (κ1) is 14.3. The van der Waals surface area contributed by atoms with Crippen molar-refractivity contribution in [1.82, 2.24) is 4.90 Å². The molecule has 0 aromatic carbocycles. The van der Waals surface area contributed by atoms with Crippen molar-refractivity contribution in [3.8, 4) is 6.07 Å². The van der Waals surface area contributed by atoms with Crippen LogP contribution in [0.1, 0.15) is 27.2 Å². The molecule has 2 atom stereocenters. The summed E-state index contributed by atoms with van der Waals surface area (Å²) in [5.74, 6) is -1.97. The number of amides is 1. The van der Waals surface area contributed by atoms with Crippen LogP contribution in [-0.2, 0) is 9.53 Å². The third-order valence-electron chi connectivity index (χ3n) is 2.76. The van der Waals surface area contributed by atoms with Gasteiger partial charge in [0.15, 0.2) is 0 Å². The predicted octanol–water partition coefficient (Wildman–Crippen LogP) is 1.47. The highest BCUT2D eigenvalue weighted by Crippen LogP contribution is 2.27. The molecule has 1 fully saturated rings. The first-order valence-corrected chi connectivity index (χ1v) is 5.82. The summed E-state index contributed by atoms with van der Waals surface area (Å²) in [4.78, 5) is 24.2. The Morgan fingerprint density at radius 1 is 1.44 bits per heavy atom. The maximum atomic E-state index is 11.8. The third-order valence-corrected chi connectivity index (χ3v) is 2.76. The highest BCUT2D eigenvalue weighted by atomic mass is 16.6. The molecule has 1 N–H and O–H groups in total. The SMILES string of the molecule is CC(C)(C)OC(=O)N1C[C@H](CC#N)[C@H](C(=O)O)C1. The molecule has 0 radical (unpaired) electrons. The standard InChI is InChI=1S/C12H18N2O4/c1-12(2,3)18-11(17)14-6-8(4-5-13)9(7-14)10(15)16/h8-9H,4,6-7H2,1-3H3,(H,15,16)/t8-,9+/m0/s1. The van der Waals surface area contributed by atoms with Crippen LogP contribution in [0.3, 0.4) is 0 Å². The van der Waals surface area contributed by atoms with Gasteiger partial charge in [0, 0.05) is 25.4 Å². The number of carbonyl (C=O) groups is 2. The molecule has 18 heavy (non-hydrogen) atoms. The van der Waals surface area contributed by atoms with Crippen LogP contribution >= 0.6 is 0 Å². The minimum atomic E-state index is -0.971. The molecule has 0 aromatic heterocycles. The number of hydrogen-bond acceptors (Lipinski definition) is 4. The average molecular weight is 254 g/mol. The lowest BCUT2D eigenvalue weighted by Crippen LogP contribution is -2.35. The van der Waals surface area contributed by atoms with Crippen LogP contribution in [0.25, 0.3) is 0 Å². The molecule has 0 spiro atoms. The predicted molar refractivity (Wildman–Crippen MR) is 62.7 cm³/mol. The smallest absolute Gasteiger partial charge is 0.410 e. The summed E-state index contributed by atoms with van der Waals surface area (Å²) in [6.45, 7) is 5.63. The van der Waals surface area contributed by atoms with E-state index in [-0.39, 0.29) is 25.4 Å². The third kappa shape index (κ3) is 3.62. The van der Waals surface area contributed by atoms with Gasteiger partial charge in [0.05, 0.1) is 12.0 Å². The van der Waals surface area contributed by atoms with Gasteiger partial charge in [-0.25, -0.2) is 4.79 Å². The molecule has 1 heterocycles. The fourth-order valence-corrected chi connectivity index (χ4v) is 1.95. The first-order valence-electron chi connectivity index (χ1n) is 5.82. The van der Waals surface area contributed by atoms with E-state index in [9.17, 15) is 9.59 Å². The Bertz CT molecular complexity index is 381. The molecule has 0 aliphatic carbocycles. The second-order valence-corrected chi connectivity index (χ2v) is 5.45. The normalized spacial score (nSPS) is 23.6. The Balaban J connectivity index is 2.69. The molecule has 1 aliphatic heterocycles. The molecule has 6 heteroatoms. The molecule has 0 saturated carbocycles. The molecule has 0 bridgehead atoms. The van der Waals surface area contributed by atoms with Crippen molar-refractivity contribution in [2.24, 2.45) is 11.8 Å². The number of ether oxygens (including phenoxy) is 1. The Labute approximate surface area is 106 Å². The number of carboxylic acid groups (broad SMARTS) is 1. The number of carboxylic acids is 1. The Morgan fingerprint density at radius 3 is 2.50 bits per heavy atom. The van der Waals surface area contributed by atoms with E-state index in [0.717, 1.165) is 0 Å². The van der Waals surface area contributed by atoms with Crippen molar-refractivity contribution in [2.75, 3.05) is 13.1 Å². The summed E-state index contributed by atoms with van der Waals surface area (Å²) in [7, 11) is 0. The quantitative estimate of drug-likeness (QED) is 0.805. The zero-order chi connectivity index (χ0) is 13.9. The van der Waals surface area contributed by atoms with Crippen LogP contribution in [0.5, 0.6) is 0 Å². The van der Waals surface area contributed by atoms with Crippen LogP contribution < -0.4 is 0 Å². The van der Waals surface area contributed by atoms with E-state index in [2.05, 4.69) is 0 Å². The molecule has 1 aliphatic rings. The van der Waals surface area contributed by atoms with E-state index < -0.39 is 23.6 Å². The van der Waals surface area contributed by atoms with Crippen LogP contribution in [0.4, 0.5) is 4.79 Å². The van der Waals surface area contributed by atoms with Gasteiger partial charge in [-0.05, 0) is 20.8 Å². The van der Waals surface area contributed by atoms with Gasteiger partial charge in [-0.1, -0.05) is 0 Å². The summed E-state index contributed by atoms with van der Waals surface area (Å²) in [6.07, 6.45) is -0.384. The molecule has 6 nitrogen and oxygen atoms in total. The lowest BCUT2D eigenvalue weighted by molar-refractivity contribution is -0.142. The van der Waals surface area contributed by atoms with Gasteiger partial charge < -0.3 is 14.7 Å². The molecule has 100 valence electrons. The minimum absolute atomic E-state index is 0.108. The average Bonchev–Trinajstić information content (AvgIpc) is 2.59. The van der Waals surface area contributed by atoms with E-state index >= 15 is 0 Å². The summed E-state index contributed by atoms with van der Waals surface area (Å²) < 4.78 is 5.19. The fraction of sp³-hybridized carbons (Fsp3) is 0.750. The van der Waals surface area contributed by atoms with Crippen LogP contribution in [0.2, 0.25) is 0 Å². The number of carbonyl (C=O) groups excluding carboxylic acids is 1. The van der Waals surface area contributed by atoms with E-state index in [0.29, 0.717) is 0 Å². The minimum Gasteiger partial charge on any atom is -0.481 e. The largest absolute Gasteiger partial charge is 0.481 e. The number of nitrogens with zero attached hydrogens (tertiary/aromatic N) is 2. The highest BCUT2D eigenvalue weighted by Gasteiger charge is 2.40. The maximum absolute atomic E-state index is 11.8. The molecule has 1 rings (SSSR count). The van der Waals surface area contributed by atoms with E-state index in [1.165, 1.54) is 4.90 Å². The van der Waals surface area contributed by atoms with Crippen LogP contribution in [0, 0.1) is 23.2 Å². The highest BCUT2D eigenvalue weighted by molar-refractivity contribution is 5.74. The number of nitriles is 1.